The molecule has 4 rings (SSSR count). The smallest absolute Gasteiger partial charge is 0.229 e. The summed E-state index contributed by atoms with van der Waals surface area (Å²) in [5.74, 6) is 3.39. The fraction of sp³-hybridized carbons (Fsp3) is 0.250. The van der Waals surface area contributed by atoms with Crippen molar-refractivity contribution in [2.75, 3.05) is 17.8 Å². The fourth-order valence-corrected chi connectivity index (χ4v) is 5.16. The van der Waals surface area contributed by atoms with Crippen LogP contribution in [0.5, 0.6) is 5.75 Å². The highest BCUT2D eigenvalue weighted by Gasteiger charge is 2.22. The molecule has 1 amide bonds. The summed E-state index contributed by atoms with van der Waals surface area (Å²) in [6, 6.07) is 19.9. The maximum atomic E-state index is 13.1. The molecule has 7 heteroatoms. The molecule has 4 aromatic rings. The fourth-order valence-electron chi connectivity index (χ4n) is 3.24. The van der Waals surface area contributed by atoms with Crippen LogP contribution < -0.4 is 9.64 Å². The minimum Gasteiger partial charge on any atom is -0.494 e. The zero-order valence-corrected chi connectivity index (χ0v) is 19.0. The Hall–Kier alpha value is -2.77. The van der Waals surface area contributed by atoms with Crippen molar-refractivity contribution >= 4 is 44.4 Å². The molecule has 2 aromatic heterocycles. The van der Waals surface area contributed by atoms with Crippen molar-refractivity contribution in [2.24, 2.45) is 0 Å². The first kappa shape index (κ1) is 21.5. The van der Waals surface area contributed by atoms with Crippen LogP contribution >= 0.6 is 23.1 Å². The minimum absolute atomic E-state index is 0.0507. The van der Waals surface area contributed by atoms with Crippen LogP contribution in [-0.4, -0.2) is 23.8 Å². The monoisotopic (exact) mass is 452 g/mol. The maximum Gasteiger partial charge on any atom is 0.229 e. The molecule has 2 heterocycles. The Balaban J connectivity index is 1.43. The zero-order chi connectivity index (χ0) is 21.5. The van der Waals surface area contributed by atoms with Crippen LogP contribution in [0.15, 0.2) is 71.3 Å². The van der Waals surface area contributed by atoms with Crippen LogP contribution in [0.25, 0.3) is 10.2 Å². The highest BCUT2D eigenvalue weighted by atomic mass is 32.2. The number of benzene rings is 2. The number of carbonyl (C=O) groups is 1. The number of amides is 1. The van der Waals surface area contributed by atoms with E-state index >= 15 is 0 Å². The summed E-state index contributed by atoms with van der Waals surface area (Å²) in [6.45, 7) is 0.366. The van der Waals surface area contributed by atoms with Crippen molar-refractivity contribution < 1.29 is 13.9 Å². The SMILES string of the molecule is COc1cccc2sc(N(Cc3ccco3)C(=O)CCCSCc3ccccc3)nc12. The lowest BCUT2D eigenvalue weighted by molar-refractivity contribution is -0.118. The first-order chi connectivity index (χ1) is 15.2. The largest absolute Gasteiger partial charge is 0.494 e. The summed E-state index contributed by atoms with van der Waals surface area (Å²) >= 11 is 3.34. The summed E-state index contributed by atoms with van der Waals surface area (Å²) in [5, 5.41) is 0.665. The number of furan rings is 1. The van der Waals surface area contributed by atoms with E-state index in [1.807, 2.05) is 48.2 Å². The average molecular weight is 453 g/mol. The van der Waals surface area contributed by atoms with Gasteiger partial charge in [0, 0.05) is 12.2 Å². The van der Waals surface area contributed by atoms with E-state index in [9.17, 15) is 4.79 Å². The number of rotatable bonds is 10. The summed E-state index contributed by atoms with van der Waals surface area (Å²) in [5.41, 5.74) is 2.09. The van der Waals surface area contributed by atoms with Gasteiger partial charge in [-0.1, -0.05) is 47.7 Å². The van der Waals surface area contributed by atoms with Gasteiger partial charge in [0.1, 0.15) is 17.0 Å². The number of methoxy groups -OCH3 is 1. The van der Waals surface area contributed by atoms with E-state index in [1.54, 1.807) is 18.3 Å². The van der Waals surface area contributed by atoms with Crippen LogP contribution in [0.1, 0.15) is 24.2 Å². The van der Waals surface area contributed by atoms with E-state index in [-0.39, 0.29) is 5.91 Å². The quantitative estimate of drug-likeness (QED) is 0.270. The van der Waals surface area contributed by atoms with E-state index in [0.717, 1.165) is 33.9 Å². The lowest BCUT2D eigenvalue weighted by Crippen LogP contribution is -2.30. The third-order valence-corrected chi connectivity index (χ3v) is 6.97. The maximum absolute atomic E-state index is 13.1. The van der Waals surface area contributed by atoms with E-state index in [2.05, 4.69) is 24.3 Å². The van der Waals surface area contributed by atoms with Crippen molar-refractivity contribution in [1.82, 2.24) is 4.98 Å². The Labute approximate surface area is 190 Å². The van der Waals surface area contributed by atoms with Crippen LogP contribution in [0.2, 0.25) is 0 Å². The van der Waals surface area contributed by atoms with E-state index in [4.69, 9.17) is 14.1 Å². The summed E-state index contributed by atoms with van der Waals surface area (Å²) < 4.78 is 11.9. The number of ether oxygens (including phenoxy) is 1. The number of aromatic nitrogens is 1. The normalized spacial score (nSPS) is 11.0. The molecule has 0 atom stereocenters. The molecule has 0 unspecified atom stereocenters. The number of thiazole rings is 1. The molecule has 2 aromatic carbocycles. The van der Waals surface area contributed by atoms with Crippen LogP contribution in [-0.2, 0) is 17.1 Å². The molecule has 0 fully saturated rings. The van der Waals surface area contributed by atoms with Crippen molar-refractivity contribution in [3.05, 3.63) is 78.3 Å². The molecule has 0 radical (unpaired) electrons. The van der Waals surface area contributed by atoms with E-state index in [0.29, 0.717) is 23.8 Å². The number of thioether (sulfide) groups is 1. The molecule has 31 heavy (non-hydrogen) atoms. The zero-order valence-electron chi connectivity index (χ0n) is 17.3. The van der Waals surface area contributed by atoms with Gasteiger partial charge in [0.2, 0.25) is 5.91 Å². The molecule has 0 aliphatic heterocycles. The lowest BCUT2D eigenvalue weighted by atomic mass is 10.2. The summed E-state index contributed by atoms with van der Waals surface area (Å²) in [4.78, 5) is 19.6. The Morgan fingerprint density at radius 1 is 1.13 bits per heavy atom. The highest BCUT2D eigenvalue weighted by molar-refractivity contribution is 7.98. The molecular weight excluding hydrogens is 428 g/mol. The third kappa shape index (κ3) is 5.48. The summed E-state index contributed by atoms with van der Waals surface area (Å²) in [6.07, 6.45) is 2.91. The number of hydrogen-bond donors (Lipinski definition) is 0. The minimum atomic E-state index is 0.0507. The second-order valence-corrected chi connectivity index (χ2v) is 9.12. The third-order valence-electron chi connectivity index (χ3n) is 4.81. The van der Waals surface area contributed by atoms with Gasteiger partial charge in [0.15, 0.2) is 5.13 Å². The first-order valence-corrected chi connectivity index (χ1v) is 12.1. The van der Waals surface area contributed by atoms with Gasteiger partial charge in [0.05, 0.1) is 24.6 Å². The molecule has 0 aliphatic rings. The standard InChI is InChI=1S/C24H24N2O3S2/c1-28-20-11-5-12-21-23(20)25-24(31-21)26(16-19-10-6-14-29-19)22(27)13-7-15-30-17-18-8-3-2-4-9-18/h2-6,8-12,14H,7,13,15-17H2,1H3. The number of fused-ring (bicyclic) bond motifs is 1. The van der Waals surface area contributed by atoms with Gasteiger partial charge in [-0.05, 0) is 42.0 Å². The molecule has 0 saturated heterocycles. The number of nitrogens with zero attached hydrogens (tertiary/aromatic N) is 2. The van der Waals surface area contributed by atoms with Gasteiger partial charge in [0.25, 0.3) is 0 Å². The summed E-state index contributed by atoms with van der Waals surface area (Å²) in [7, 11) is 1.63. The second kappa shape index (κ2) is 10.5. The van der Waals surface area contributed by atoms with Crippen molar-refractivity contribution in [3.63, 3.8) is 0 Å². The molecule has 160 valence electrons. The van der Waals surface area contributed by atoms with Gasteiger partial charge >= 0.3 is 0 Å². The van der Waals surface area contributed by atoms with Crippen LogP contribution in [0, 0.1) is 0 Å². The molecular formula is C24H24N2O3S2. The van der Waals surface area contributed by atoms with Crippen molar-refractivity contribution in [2.45, 2.75) is 25.1 Å². The van der Waals surface area contributed by atoms with Gasteiger partial charge in [-0.3, -0.25) is 9.69 Å². The second-order valence-electron chi connectivity index (χ2n) is 7.00. The van der Waals surface area contributed by atoms with Gasteiger partial charge < -0.3 is 9.15 Å². The van der Waals surface area contributed by atoms with Gasteiger partial charge in [-0.25, -0.2) is 4.98 Å². The highest BCUT2D eigenvalue weighted by Crippen LogP contribution is 2.35. The molecule has 5 nitrogen and oxygen atoms in total. The predicted octanol–water partition coefficient (Wildman–Crippen LogP) is 6.14. The molecule has 0 N–H and O–H groups in total. The van der Waals surface area contributed by atoms with Crippen LogP contribution in [0.4, 0.5) is 5.13 Å². The Bertz CT molecular complexity index is 1110. The Morgan fingerprint density at radius 2 is 2.00 bits per heavy atom. The molecule has 0 spiro atoms. The number of carbonyl (C=O) groups excluding carboxylic acids is 1. The number of anilines is 1. The molecule has 0 saturated carbocycles. The van der Waals surface area contributed by atoms with Gasteiger partial charge in [-0.2, -0.15) is 11.8 Å². The number of hydrogen-bond acceptors (Lipinski definition) is 6. The Kier molecular flexibility index (Phi) is 7.27. The lowest BCUT2D eigenvalue weighted by Gasteiger charge is -2.18. The van der Waals surface area contributed by atoms with Crippen molar-refractivity contribution in [3.8, 4) is 5.75 Å². The number of para-hydroxylation sites is 1. The Morgan fingerprint density at radius 3 is 2.77 bits per heavy atom. The van der Waals surface area contributed by atoms with E-state index in [1.165, 1.54) is 16.9 Å². The first-order valence-electron chi connectivity index (χ1n) is 10.1. The van der Waals surface area contributed by atoms with Gasteiger partial charge in [-0.15, -0.1) is 0 Å². The molecule has 0 bridgehead atoms. The molecule has 0 aliphatic carbocycles. The predicted molar refractivity (Wildman–Crippen MR) is 128 cm³/mol. The topological polar surface area (TPSA) is 55.6 Å². The van der Waals surface area contributed by atoms with E-state index < -0.39 is 0 Å². The average Bonchev–Trinajstić information content (AvgIpc) is 3.47. The van der Waals surface area contributed by atoms with Crippen LogP contribution in [0.3, 0.4) is 0 Å². The van der Waals surface area contributed by atoms with Crippen molar-refractivity contribution in [1.29, 1.82) is 0 Å².